The number of benzene rings is 1. The van der Waals surface area contributed by atoms with E-state index in [2.05, 4.69) is 0 Å². The van der Waals surface area contributed by atoms with Crippen molar-refractivity contribution >= 4 is 38.6 Å². The number of fused-ring (bicyclic) bond motifs is 1. The van der Waals surface area contributed by atoms with Crippen LogP contribution >= 0.6 is 22.9 Å². The van der Waals surface area contributed by atoms with Crippen molar-refractivity contribution in [2.45, 2.75) is 17.9 Å². The lowest BCUT2D eigenvalue weighted by molar-refractivity contribution is -0.387. The Hall–Kier alpha value is -1.48. The Labute approximate surface area is 136 Å². The van der Waals surface area contributed by atoms with Gasteiger partial charge in [0.1, 0.15) is 0 Å². The van der Waals surface area contributed by atoms with Gasteiger partial charge in [-0.3, -0.25) is 10.1 Å². The number of rotatable bonds is 3. The number of thiophene rings is 1. The third-order valence-electron chi connectivity index (χ3n) is 3.51. The number of nitro benzene ring substituents is 1. The van der Waals surface area contributed by atoms with Crippen LogP contribution in [0.25, 0.3) is 0 Å². The first-order valence-electron chi connectivity index (χ1n) is 6.39. The molecule has 6 nitrogen and oxygen atoms in total. The molecule has 0 spiro atoms. The molecule has 0 saturated carbocycles. The van der Waals surface area contributed by atoms with E-state index in [0.717, 1.165) is 16.5 Å². The molecule has 1 aliphatic heterocycles. The molecule has 0 saturated heterocycles. The van der Waals surface area contributed by atoms with Crippen LogP contribution in [0.5, 0.6) is 0 Å². The quantitative estimate of drug-likeness (QED) is 0.623. The van der Waals surface area contributed by atoms with E-state index in [1.54, 1.807) is 11.3 Å². The standard InChI is InChI=1S/C13H11ClN2O4S2/c14-10-1-2-13(11(7-10)16(17)18)22(19,20)15-5-3-12-9(8-15)4-6-21-12/h1-2,4,6-7H,3,5,8H2. The molecule has 1 aliphatic rings. The number of hydrogen-bond donors (Lipinski definition) is 0. The number of halogens is 1. The lowest BCUT2D eigenvalue weighted by atomic mass is 10.1. The summed E-state index contributed by atoms with van der Waals surface area (Å²) in [6, 6.07) is 5.49. The van der Waals surface area contributed by atoms with Crippen molar-refractivity contribution in [3.8, 4) is 0 Å². The summed E-state index contributed by atoms with van der Waals surface area (Å²) < 4.78 is 26.8. The minimum Gasteiger partial charge on any atom is -0.258 e. The van der Waals surface area contributed by atoms with Crippen molar-refractivity contribution < 1.29 is 13.3 Å². The highest BCUT2D eigenvalue weighted by Gasteiger charge is 2.34. The van der Waals surface area contributed by atoms with E-state index in [0.29, 0.717) is 13.0 Å². The molecule has 0 amide bonds. The minimum absolute atomic E-state index is 0.129. The molecule has 0 aliphatic carbocycles. The maximum absolute atomic E-state index is 12.7. The van der Waals surface area contributed by atoms with Crippen LogP contribution in [0.15, 0.2) is 34.5 Å². The van der Waals surface area contributed by atoms with Crippen LogP contribution < -0.4 is 0 Å². The average molecular weight is 359 g/mol. The van der Waals surface area contributed by atoms with Crippen molar-refractivity contribution in [1.29, 1.82) is 0 Å². The minimum atomic E-state index is -3.94. The van der Waals surface area contributed by atoms with E-state index in [1.807, 2.05) is 11.4 Å². The molecule has 2 heterocycles. The van der Waals surface area contributed by atoms with Crippen molar-refractivity contribution in [1.82, 2.24) is 4.31 Å². The molecule has 0 N–H and O–H groups in total. The molecule has 2 aromatic rings. The van der Waals surface area contributed by atoms with Crippen LogP contribution in [0.1, 0.15) is 10.4 Å². The normalized spacial score (nSPS) is 15.5. The van der Waals surface area contributed by atoms with E-state index >= 15 is 0 Å². The first kappa shape index (κ1) is 15.4. The molecule has 0 radical (unpaired) electrons. The van der Waals surface area contributed by atoms with Gasteiger partial charge in [0, 0.05) is 29.1 Å². The lowest BCUT2D eigenvalue weighted by Crippen LogP contribution is -2.35. The Morgan fingerprint density at radius 3 is 2.82 bits per heavy atom. The Balaban J connectivity index is 2.03. The summed E-state index contributed by atoms with van der Waals surface area (Å²) in [5.41, 5.74) is 0.458. The number of nitrogens with zero attached hydrogens (tertiary/aromatic N) is 2. The van der Waals surface area contributed by atoms with Crippen LogP contribution in [0, 0.1) is 10.1 Å². The summed E-state index contributed by atoms with van der Waals surface area (Å²) in [4.78, 5) is 11.2. The predicted molar refractivity (Wildman–Crippen MR) is 83.7 cm³/mol. The summed E-state index contributed by atoms with van der Waals surface area (Å²) >= 11 is 7.33. The Bertz CT molecular complexity index is 847. The molecule has 0 bridgehead atoms. The largest absolute Gasteiger partial charge is 0.290 e. The first-order chi connectivity index (χ1) is 10.4. The van der Waals surface area contributed by atoms with Gasteiger partial charge >= 0.3 is 0 Å². The Kier molecular flexibility index (Phi) is 3.94. The summed E-state index contributed by atoms with van der Waals surface area (Å²) in [5.74, 6) is 0. The third kappa shape index (κ3) is 2.63. The Morgan fingerprint density at radius 1 is 1.32 bits per heavy atom. The molecule has 0 atom stereocenters. The SMILES string of the molecule is O=[N+]([O-])c1cc(Cl)ccc1S(=O)(=O)N1CCc2sccc2C1. The fraction of sp³-hybridized carbons (Fsp3) is 0.231. The van der Waals surface area contributed by atoms with Crippen molar-refractivity contribution in [2.75, 3.05) is 6.54 Å². The van der Waals surface area contributed by atoms with Gasteiger partial charge in [0.2, 0.25) is 10.0 Å². The van der Waals surface area contributed by atoms with E-state index in [-0.39, 0.29) is 16.5 Å². The molecule has 9 heteroatoms. The van der Waals surface area contributed by atoms with Crippen LogP contribution in [0.3, 0.4) is 0 Å². The molecule has 22 heavy (non-hydrogen) atoms. The lowest BCUT2D eigenvalue weighted by Gasteiger charge is -2.26. The molecular weight excluding hydrogens is 348 g/mol. The second-order valence-electron chi connectivity index (χ2n) is 4.83. The predicted octanol–water partition coefficient (Wildman–Crippen LogP) is 3.06. The highest BCUT2D eigenvalue weighted by Crippen LogP contribution is 2.33. The summed E-state index contributed by atoms with van der Waals surface area (Å²) in [7, 11) is -3.94. The maximum atomic E-state index is 12.7. The van der Waals surface area contributed by atoms with Gasteiger partial charge in [-0.1, -0.05) is 11.6 Å². The molecule has 0 fully saturated rings. The Morgan fingerprint density at radius 2 is 2.09 bits per heavy atom. The second kappa shape index (κ2) is 5.62. The fourth-order valence-electron chi connectivity index (χ4n) is 2.42. The van der Waals surface area contributed by atoms with Crippen molar-refractivity contribution in [3.63, 3.8) is 0 Å². The van der Waals surface area contributed by atoms with Gasteiger partial charge in [-0.05, 0) is 35.6 Å². The first-order valence-corrected chi connectivity index (χ1v) is 9.08. The van der Waals surface area contributed by atoms with Gasteiger partial charge in [-0.2, -0.15) is 4.31 Å². The number of nitro groups is 1. The smallest absolute Gasteiger partial charge is 0.258 e. The van der Waals surface area contributed by atoms with Gasteiger partial charge in [0.15, 0.2) is 4.90 Å². The molecule has 1 aromatic carbocycles. The summed E-state index contributed by atoms with van der Waals surface area (Å²) in [6.07, 6.45) is 0.619. The molecule has 0 unspecified atom stereocenters. The fourth-order valence-corrected chi connectivity index (χ4v) is 5.03. The molecule has 116 valence electrons. The maximum Gasteiger partial charge on any atom is 0.290 e. The van der Waals surface area contributed by atoms with Crippen LogP contribution in [0.2, 0.25) is 5.02 Å². The zero-order valence-electron chi connectivity index (χ0n) is 11.2. The average Bonchev–Trinajstić information content (AvgIpc) is 2.94. The second-order valence-corrected chi connectivity index (χ2v) is 8.17. The van der Waals surface area contributed by atoms with Crippen LogP contribution in [-0.2, 0) is 23.0 Å². The summed E-state index contributed by atoms with van der Waals surface area (Å²) in [5, 5.41) is 13.2. The van der Waals surface area contributed by atoms with Crippen molar-refractivity contribution in [3.05, 3.63) is 55.2 Å². The highest BCUT2D eigenvalue weighted by molar-refractivity contribution is 7.89. The zero-order valence-corrected chi connectivity index (χ0v) is 13.6. The van der Waals surface area contributed by atoms with E-state index in [1.165, 1.54) is 16.4 Å². The zero-order chi connectivity index (χ0) is 15.9. The molecular formula is C13H11ClN2O4S2. The topological polar surface area (TPSA) is 80.5 Å². The van der Waals surface area contributed by atoms with Gasteiger partial charge in [0.25, 0.3) is 5.69 Å². The molecule has 3 rings (SSSR count). The van der Waals surface area contributed by atoms with E-state index in [4.69, 9.17) is 11.6 Å². The van der Waals surface area contributed by atoms with Crippen LogP contribution in [-0.4, -0.2) is 24.2 Å². The highest BCUT2D eigenvalue weighted by atomic mass is 35.5. The monoisotopic (exact) mass is 358 g/mol. The van der Waals surface area contributed by atoms with Crippen molar-refractivity contribution in [2.24, 2.45) is 0 Å². The number of sulfonamides is 1. The van der Waals surface area contributed by atoms with Gasteiger partial charge in [-0.25, -0.2) is 8.42 Å². The molecule has 1 aromatic heterocycles. The van der Waals surface area contributed by atoms with E-state index in [9.17, 15) is 18.5 Å². The number of hydrogen-bond acceptors (Lipinski definition) is 5. The third-order valence-corrected chi connectivity index (χ3v) is 6.66. The van der Waals surface area contributed by atoms with Gasteiger partial charge in [-0.15, -0.1) is 11.3 Å². The van der Waals surface area contributed by atoms with Gasteiger partial charge < -0.3 is 0 Å². The van der Waals surface area contributed by atoms with E-state index < -0.39 is 20.6 Å². The van der Waals surface area contributed by atoms with Crippen LogP contribution in [0.4, 0.5) is 5.69 Å². The summed E-state index contributed by atoms with van der Waals surface area (Å²) in [6.45, 7) is 0.552. The van der Waals surface area contributed by atoms with Gasteiger partial charge in [0.05, 0.1) is 4.92 Å².